The average molecular weight is 1120 g/mol. The van der Waals surface area contributed by atoms with E-state index in [-0.39, 0.29) is 66.1 Å². The molecular formula is C60H74Cl3N5O7S. The Morgan fingerprint density at radius 1 is 0.829 bits per heavy atom. The number of sulfonamides is 1. The number of ketones is 1. The molecule has 4 aromatic carbocycles. The molecule has 0 bridgehead atoms. The van der Waals surface area contributed by atoms with Crippen molar-refractivity contribution in [2.24, 2.45) is 0 Å². The van der Waals surface area contributed by atoms with Crippen molar-refractivity contribution >= 4 is 96.7 Å². The quantitative estimate of drug-likeness (QED) is 0.0237. The van der Waals surface area contributed by atoms with Gasteiger partial charge < -0.3 is 14.5 Å². The number of nitrogens with zero attached hydrogens (tertiary/aromatic N) is 3. The molecule has 5 aromatic rings. The van der Waals surface area contributed by atoms with E-state index in [1.165, 1.54) is 79.8 Å². The molecule has 1 aromatic heterocycles. The molecule has 0 aliphatic heterocycles. The molecule has 16 heteroatoms. The van der Waals surface area contributed by atoms with Crippen LogP contribution >= 0.6 is 34.8 Å². The van der Waals surface area contributed by atoms with Crippen molar-refractivity contribution in [3.63, 3.8) is 0 Å². The highest BCUT2D eigenvalue weighted by Gasteiger charge is 2.38. The predicted molar refractivity (Wildman–Crippen MR) is 308 cm³/mol. The topological polar surface area (TPSA) is 172 Å². The van der Waals surface area contributed by atoms with Crippen molar-refractivity contribution in [2.45, 2.75) is 186 Å². The van der Waals surface area contributed by atoms with Crippen molar-refractivity contribution in [1.82, 2.24) is 9.71 Å². The van der Waals surface area contributed by atoms with E-state index in [4.69, 9.17) is 48.9 Å². The molecule has 12 nitrogen and oxygen atoms in total. The van der Waals surface area contributed by atoms with Crippen LogP contribution in [0.2, 0.25) is 15.1 Å². The zero-order chi connectivity index (χ0) is 55.4. The fourth-order valence-corrected chi connectivity index (χ4v) is 10.9. The third-order valence-electron chi connectivity index (χ3n) is 15.1. The van der Waals surface area contributed by atoms with E-state index in [0.29, 0.717) is 47.2 Å². The number of fused-ring (bicyclic) bond motifs is 1. The summed E-state index contributed by atoms with van der Waals surface area (Å²) in [5, 5.41) is 13.3. The number of aryl methyl sites for hydroxylation is 1. The van der Waals surface area contributed by atoms with Gasteiger partial charge in [-0.3, -0.25) is 14.5 Å². The molecule has 6 rings (SSSR count). The summed E-state index contributed by atoms with van der Waals surface area (Å²) in [6.45, 7) is 17.4. The van der Waals surface area contributed by atoms with Gasteiger partial charge in [0.2, 0.25) is 27.8 Å². The second-order valence-electron chi connectivity index (χ2n) is 21.4. The molecule has 0 saturated heterocycles. The van der Waals surface area contributed by atoms with Crippen LogP contribution in [-0.4, -0.2) is 49.9 Å². The number of carbonyl (C=O) groups is 3. The SMILES string of the molecule is CCCCCCCCCCCCNS(=O)(=O)c1ccc(Cl)c(NC(=O)C(OC(=O)N(c2ccc(C=C(C#N)c3nc4cc(C(C)(C)CC)cc(C(C)(C)CC)c4o3)c(C)c2)C2CCCC2)C(=O)c2ccc(Cl)c(Cl)c2)c1. The Morgan fingerprint density at radius 2 is 1.47 bits per heavy atom. The number of nitriles is 1. The fraction of sp³-hybridized carbons (Fsp3) is 0.483. The summed E-state index contributed by atoms with van der Waals surface area (Å²) >= 11 is 19.1. The first kappa shape index (κ1) is 60.0. The molecule has 1 heterocycles. The number of hydrogen-bond acceptors (Lipinski definition) is 9. The minimum absolute atomic E-state index is 0.0164. The van der Waals surface area contributed by atoms with Crippen LogP contribution in [0.4, 0.5) is 16.2 Å². The lowest BCUT2D eigenvalue weighted by Crippen LogP contribution is -2.46. The molecule has 1 aliphatic carbocycles. The zero-order valence-electron chi connectivity index (χ0n) is 45.3. The maximum atomic E-state index is 14.7. The Morgan fingerprint density at radius 3 is 2.09 bits per heavy atom. The summed E-state index contributed by atoms with van der Waals surface area (Å²) in [6.07, 6.45) is 14.4. The molecule has 0 spiro atoms. The van der Waals surface area contributed by atoms with Gasteiger partial charge in [0.05, 0.1) is 25.7 Å². The number of Topliss-reactive ketones (excluding diaryl/α,β-unsaturated/α-hetero) is 1. The van der Waals surface area contributed by atoms with Gasteiger partial charge in [0, 0.05) is 29.4 Å². The Balaban J connectivity index is 1.25. The standard InChI is InChI=1S/C60H74Cl3N5O7S/c1-9-12-13-14-15-16-17-18-19-22-31-65-76(72,73)46-28-30-49(62)51(37-46)66-56(70)55(53(69)41-26-29-48(61)50(63)34-41)75-58(71)68(44-23-20-21-24-44)45-27-25-40(39(4)32-45)33-42(38-64)57-67-52-36-43(59(5,6)10-2)35-47(54(52)74-57)60(7,8)11-3/h25-30,32-37,44,55,65H,9-24,31H2,1-8H3,(H,66,70). The van der Waals surface area contributed by atoms with Crippen molar-refractivity contribution in [2.75, 3.05) is 16.8 Å². The lowest BCUT2D eigenvalue weighted by Gasteiger charge is -2.30. The molecule has 2 N–H and O–H groups in total. The number of amides is 2. The van der Waals surface area contributed by atoms with Gasteiger partial charge in [-0.25, -0.2) is 22.9 Å². The van der Waals surface area contributed by atoms with Crippen LogP contribution in [0.5, 0.6) is 0 Å². The van der Waals surface area contributed by atoms with E-state index >= 15 is 0 Å². The van der Waals surface area contributed by atoms with Gasteiger partial charge in [-0.1, -0.05) is 166 Å². The summed E-state index contributed by atoms with van der Waals surface area (Å²) in [5.41, 5.74) is 5.03. The molecule has 1 fully saturated rings. The molecule has 1 atom stereocenters. The van der Waals surface area contributed by atoms with E-state index in [1.807, 2.05) is 6.92 Å². The molecule has 1 unspecified atom stereocenters. The number of hydrogen-bond donors (Lipinski definition) is 2. The van der Waals surface area contributed by atoms with E-state index in [0.717, 1.165) is 56.1 Å². The number of anilines is 2. The Hall–Kier alpha value is -5.23. The molecule has 408 valence electrons. The lowest BCUT2D eigenvalue weighted by molar-refractivity contribution is -0.122. The number of aromatic nitrogens is 1. The minimum Gasteiger partial charge on any atom is -0.435 e. The summed E-state index contributed by atoms with van der Waals surface area (Å²) in [4.78, 5) is 49.6. The molecular weight excluding hydrogens is 1040 g/mol. The predicted octanol–water partition coefficient (Wildman–Crippen LogP) is 16.5. The number of rotatable bonds is 26. The summed E-state index contributed by atoms with van der Waals surface area (Å²) < 4.78 is 42.0. The normalized spacial score (nSPS) is 13.9. The van der Waals surface area contributed by atoms with Gasteiger partial charge in [-0.2, -0.15) is 5.26 Å². The first-order chi connectivity index (χ1) is 36.1. The third kappa shape index (κ3) is 15.1. The maximum absolute atomic E-state index is 14.7. The molecule has 1 saturated carbocycles. The fourth-order valence-electron chi connectivity index (χ4n) is 9.39. The second-order valence-corrected chi connectivity index (χ2v) is 24.3. The zero-order valence-corrected chi connectivity index (χ0v) is 48.4. The number of ether oxygens (including phenoxy) is 1. The number of nitrogens with one attached hydrogen (secondary N) is 2. The van der Waals surface area contributed by atoms with Crippen molar-refractivity contribution in [3.05, 3.63) is 116 Å². The molecule has 2 amide bonds. The van der Waals surface area contributed by atoms with Crippen molar-refractivity contribution < 1.29 is 32.0 Å². The molecule has 0 radical (unpaired) electrons. The van der Waals surface area contributed by atoms with Crippen molar-refractivity contribution in [1.29, 1.82) is 5.26 Å². The largest absolute Gasteiger partial charge is 0.435 e. The third-order valence-corrected chi connectivity index (χ3v) is 17.6. The minimum atomic E-state index is -4.03. The Bertz CT molecular complexity index is 3060. The molecule has 1 aliphatic rings. The Labute approximate surface area is 465 Å². The molecule has 76 heavy (non-hydrogen) atoms. The average Bonchev–Trinajstić information content (AvgIpc) is 4.09. The highest BCUT2D eigenvalue weighted by Crippen LogP contribution is 2.40. The van der Waals surface area contributed by atoms with Gasteiger partial charge in [0.15, 0.2) is 5.58 Å². The van der Waals surface area contributed by atoms with Crippen LogP contribution in [0.15, 0.2) is 76.0 Å². The van der Waals surface area contributed by atoms with E-state index in [1.54, 1.807) is 24.3 Å². The summed E-state index contributed by atoms with van der Waals surface area (Å²) in [6, 6.07) is 19.4. The van der Waals surface area contributed by atoms with Crippen LogP contribution < -0.4 is 14.9 Å². The van der Waals surface area contributed by atoms with E-state index in [9.17, 15) is 28.1 Å². The monoisotopic (exact) mass is 1110 g/mol. The smallest absolute Gasteiger partial charge is 0.415 e. The number of unbranched alkanes of at least 4 members (excludes halogenated alkanes) is 9. The number of carbonyl (C=O) groups excluding carboxylic acids is 3. The van der Waals surface area contributed by atoms with Crippen LogP contribution in [0, 0.1) is 18.3 Å². The lowest BCUT2D eigenvalue weighted by atomic mass is 9.76. The highest BCUT2D eigenvalue weighted by atomic mass is 35.5. The van der Waals surface area contributed by atoms with Crippen LogP contribution in [-0.2, 0) is 30.4 Å². The number of allylic oxidation sites excluding steroid dienone is 1. The highest BCUT2D eigenvalue weighted by molar-refractivity contribution is 7.89. The van der Waals surface area contributed by atoms with E-state index < -0.39 is 33.9 Å². The number of benzene rings is 4. The van der Waals surface area contributed by atoms with Gasteiger partial charge in [-0.15, -0.1) is 0 Å². The first-order valence-corrected chi connectivity index (χ1v) is 29.5. The number of oxazole rings is 1. The van der Waals surface area contributed by atoms with E-state index in [2.05, 4.69) is 76.7 Å². The second kappa shape index (κ2) is 26.9. The summed E-state index contributed by atoms with van der Waals surface area (Å²) in [7, 11) is -4.03. The van der Waals surface area contributed by atoms with Gasteiger partial charge >= 0.3 is 6.09 Å². The van der Waals surface area contributed by atoms with Gasteiger partial charge in [0.1, 0.15) is 17.2 Å². The summed E-state index contributed by atoms with van der Waals surface area (Å²) in [5.74, 6) is -1.80. The number of halogens is 3. The van der Waals surface area contributed by atoms with Gasteiger partial charge in [0.25, 0.3) is 5.91 Å². The van der Waals surface area contributed by atoms with Crippen molar-refractivity contribution in [3.8, 4) is 6.07 Å². The maximum Gasteiger partial charge on any atom is 0.415 e. The van der Waals surface area contributed by atoms with Crippen LogP contribution in [0.3, 0.4) is 0 Å². The van der Waals surface area contributed by atoms with Crippen LogP contribution in [0.25, 0.3) is 22.7 Å². The Kier molecular flexibility index (Phi) is 21.2. The van der Waals surface area contributed by atoms with Gasteiger partial charge in [-0.05, 0) is 127 Å². The first-order valence-electron chi connectivity index (χ1n) is 26.9. The van der Waals surface area contributed by atoms with Crippen LogP contribution in [0.1, 0.15) is 190 Å².